The highest BCUT2D eigenvalue weighted by molar-refractivity contribution is 4.92. The second-order valence-electron chi connectivity index (χ2n) is 6.40. The highest BCUT2D eigenvalue weighted by Crippen LogP contribution is 2.38. The van der Waals surface area contributed by atoms with E-state index < -0.39 is 0 Å². The van der Waals surface area contributed by atoms with Gasteiger partial charge < -0.3 is 5.73 Å². The quantitative estimate of drug-likeness (QED) is 0.702. The van der Waals surface area contributed by atoms with Gasteiger partial charge in [-0.2, -0.15) is 0 Å². The van der Waals surface area contributed by atoms with Crippen LogP contribution in [0.5, 0.6) is 0 Å². The summed E-state index contributed by atoms with van der Waals surface area (Å²) in [6, 6.07) is 0. The predicted octanol–water partition coefficient (Wildman–Crippen LogP) is 2.63. The maximum atomic E-state index is 6.05. The van der Waals surface area contributed by atoms with Crippen molar-refractivity contribution in [2.45, 2.75) is 51.4 Å². The van der Waals surface area contributed by atoms with Gasteiger partial charge >= 0.3 is 0 Å². The lowest BCUT2D eigenvalue weighted by molar-refractivity contribution is 0.150. The van der Waals surface area contributed by atoms with Crippen molar-refractivity contribution in [1.29, 1.82) is 0 Å². The second kappa shape index (κ2) is 6.59. The summed E-state index contributed by atoms with van der Waals surface area (Å²) >= 11 is 0. The van der Waals surface area contributed by atoms with Crippen LogP contribution < -0.4 is 5.73 Å². The van der Waals surface area contributed by atoms with E-state index in [4.69, 9.17) is 12.2 Å². The molecule has 0 aromatic carbocycles. The van der Waals surface area contributed by atoms with Crippen molar-refractivity contribution in [2.75, 3.05) is 26.2 Å². The van der Waals surface area contributed by atoms with E-state index in [1.807, 2.05) is 0 Å². The molecule has 0 spiro atoms. The van der Waals surface area contributed by atoms with E-state index in [1.165, 1.54) is 57.9 Å². The van der Waals surface area contributed by atoms with Crippen LogP contribution in [-0.2, 0) is 0 Å². The molecule has 0 aliphatic heterocycles. The van der Waals surface area contributed by atoms with E-state index in [0.717, 1.165) is 25.6 Å². The molecule has 0 amide bonds. The lowest BCUT2D eigenvalue weighted by atomic mass is 9.72. The van der Waals surface area contributed by atoms with Gasteiger partial charge in [-0.15, -0.1) is 6.42 Å². The maximum absolute atomic E-state index is 6.05. The Morgan fingerprint density at radius 3 is 2.50 bits per heavy atom. The fourth-order valence-electron chi connectivity index (χ4n) is 3.28. The summed E-state index contributed by atoms with van der Waals surface area (Å²) in [5.74, 6) is 3.74. The molecule has 2 saturated carbocycles. The van der Waals surface area contributed by atoms with Gasteiger partial charge in [0.2, 0.25) is 0 Å². The molecule has 2 fully saturated rings. The van der Waals surface area contributed by atoms with Crippen molar-refractivity contribution in [1.82, 2.24) is 4.90 Å². The van der Waals surface area contributed by atoms with E-state index in [1.54, 1.807) is 0 Å². The first-order valence-corrected chi connectivity index (χ1v) is 7.64. The molecule has 0 saturated heterocycles. The van der Waals surface area contributed by atoms with E-state index in [0.29, 0.717) is 5.41 Å². The predicted molar refractivity (Wildman–Crippen MR) is 77.2 cm³/mol. The average molecular weight is 248 g/mol. The largest absolute Gasteiger partial charge is 0.330 e. The minimum atomic E-state index is 0.425. The van der Waals surface area contributed by atoms with Gasteiger partial charge in [-0.05, 0) is 56.5 Å². The first kappa shape index (κ1) is 13.9. The lowest BCUT2D eigenvalue weighted by Gasteiger charge is -2.37. The van der Waals surface area contributed by atoms with Crippen molar-refractivity contribution in [3.63, 3.8) is 0 Å². The molecule has 0 heterocycles. The topological polar surface area (TPSA) is 29.3 Å². The first-order chi connectivity index (χ1) is 8.78. The molecule has 18 heavy (non-hydrogen) atoms. The van der Waals surface area contributed by atoms with Crippen LogP contribution in [0.2, 0.25) is 0 Å². The summed E-state index contributed by atoms with van der Waals surface area (Å²) in [6.45, 7) is 4.04. The molecule has 102 valence electrons. The Hall–Kier alpha value is -0.520. The third-order valence-corrected chi connectivity index (χ3v) is 4.83. The Morgan fingerprint density at radius 1 is 1.22 bits per heavy atom. The van der Waals surface area contributed by atoms with Crippen molar-refractivity contribution >= 4 is 0 Å². The molecule has 0 unspecified atom stereocenters. The van der Waals surface area contributed by atoms with Crippen LogP contribution >= 0.6 is 0 Å². The highest BCUT2D eigenvalue weighted by atomic mass is 15.1. The normalized spacial score (nSPS) is 22.9. The molecule has 2 aliphatic rings. The molecule has 2 aliphatic carbocycles. The van der Waals surface area contributed by atoms with Crippen LogP contribution in [0.15, 0.2) is 0 Å². The lowest BCUT2D eigenvalue weighted by Crippen LogP contribution is -2.38. The first-order valence-electron chi connectivity index (χ1n) is 7.64. The number of hydrogen-bond acceptors (Lipinski definition) is 2. The highest BCUT2D eigenvalue weighted by Gasteiger charge is 2.31. The van der Waals surface area contributed by atoms with E-state index in [9.17, 15) is 0 Å². The zero-order valence-electron chi connectivity index (χ0n) is 11.7. The van der Waals surface area contributed by atoms with Gasteiger partial charge in [0, 0.05) is 6.54 Å². The fraction of sp³-hybridized carbons (Fsp3) is 0.875. The van der Waals surface area contributed by atoms with Crippen LogP contribution in [0.1, 0.15) is 51.4 Å². The zero-order valence-corrected chi connectivity index (χ0v) is 11.7. The molecule has 0 aromatic rings. The maximum Gasteiger partial charge on any atom is 0.0599 e. The summed E-state index contributed by atoms with van der Waals surface area (Å²) in [4.78, 5) is 2.48. The summed E-state index contributed by atoms with van der Waals surface area (Å²) in [6.07, 6.45) is 16.3. The van der Waals surface area contributed by atoms with Crippen LogP contribution in [0.25, 0.3) is 0 Å². The third-order valence-electron chi connectivity index (χ3n) is 4.83. The minimum absolute atomic E-state index is 0.425. The van der Waals surface area contributed by atoms with Crippen LogP contribution in [-0.4, -0.2) is 31.1 Å². The number of nitrogens with two attached hydrogens (primary N) is 1. The van der Waals surface area contributed by atoms with Crippen LogP contribution in [0, 0.1) is 23.7 Å². The van der Waals surface area contributed by atoms with Crippen molar-refractivity contribution in [3.05, 3.63) is 0 Å². The van der Waals surface area contributed by atoms with Crippen molar-refractivity contribution in [2.24, 2.45) is 17.1 Å². The van der Waals surface area contributed by atoms with Crippen molar-refractivity contribution in [3.8, 4) is 12.3 Å². The van der Waals surface area contributed by atoms with E-state index in [2.05, 4.69) is 10.8 Å². The molecule has 0 radical (unpaired) electrons. The monoisotopic (exact) mass is 248 g/mol. The van der Waals surface area contributed by atoms with Crippen LogP contribution in [0.3, 0.4) is 0 Å². The number of nitrogens with zero attached hydrogens (tertiary/aromatic N) is 1. The second-order valence-corrected chi connectivity index (χ2v) is 6.40. The van der Waals surface area contributed by atoms with Gasteiger partial charge in [0.1, 0.15) is 0 Å². The molecule has 0 atom stereocenters. The smallest absolute Gasteiger partial charge is 0.0599 e. The molecule has 0 bridgehead atoms. The van der Waals surface area contributed by atoms with E-state index in [-0.39, 0.29) is 0 Å². The Balaban J connectivity index is 1.80. The standard InChI is InChI=1S/C16H28N2/c1-2-11-18(13-15-6-7-15)12-10-16(14-17)8-4-3-5-9-16/h1,15H,3-14,17H2. The summed E-state index contributed by atoms with van der Waals surface area (Å²) in [7, 11) is 0. The number of terminal acetylenes is 1. The van der Waals surface area contributed by atoms with Gasteiger partial charge in [0.05, 0.1) is 6.54 Å². The molecule has 0 aromatic heterocycles. The fourth-order valence-corrected chi connectivity index (χ4v) is 3.28. The Morgan fingerprint density at radius 2 is 1.94 bits per heavy atom. The molecule has 2 rings (SSSR count). The summed E-state index contributed by atoms with van der Waals surface area (Å²) in [5, 5.41) is 0. The summed E-state index contributed by atoms with van der Waals surface area (Å²) in [5.41, 5.74) is 6.48. The molecule has 2 heteroatoms. The van der Waals surface area contributed by atoms with Crippen LogP contribution in [0.4, 0.5) is 0 Å². The van der Waals surface area contributed by atoms with Crippen molar-refractivity contribution < 1.29 is 0 Å². The number of rotatable bonds is 7. The summed E-state index contributed by atoms with van der Waals surface area (Å²) < 4.78 is 0. The molecule has 2 nitrogen and oxygen atoms in total. The molecular formula is C16H28N2. The Bertz CT molecular complexity index is 282. The van der Waals surface area contributed by atoms with Gasteiger partial charge in [-0.1, -0.05) is 25.2 Å². The van der Waals surface area contributed by atoms with Gasteiger partial charge in [-0.25, -0.2) is 0 Å². The Kier molecular flexibility index (Phi) is 5.09. The zero-order chi connectivity index (χ0) is 12.8. The van der Waals surface area contributed by atoms with Gasteiger partial charge in [0.25, 0.3) is 0 Å². The molecule has 2 N–H and O–H groups in total. The Labute approximate surface area is 112 Å². The minimum Gasteiger partial charge on any atom is -0.330 e. The van der Waals surface area contributed by atoms with Gasteiger partial charge in [-0.3, -0.25) is 4.90 Å². The molecular weight excluding hydrogens is 220 g/mol. The van der Waals surface area contributed by atoms with E-state index >= 15 is 0 Å². The van der Waals surface area contributed by atoms with Gasteiger partial charge in [0.15, 0.2) is 0 Å². The third kappa shape index (κ3) is 4.00. The number of hydrogen-bond donors (Lipinski definition) is 1. The SMILES string of the molecule is C#CCN(CCC1(CN)CCCCC1)CC1CC1. The average Bonchev–Trinajstić information content (AvgIpc) is 3.21.